The second kappa shape index (κ2) is 9.27. The first kappa shape index (κ1) is 20.3. The normalized spacial score (nSPS) is 11.6. The molecule has 0 aliphatic carbocycles. The van der Waals surface area contributed by atoms with Gasteiger partial charge in [-0.2, -0.15) is 0 Å². The van der Waals surface area contributed by atoms with Gasteiger partial charge in [-0.15, -0.1) is 0 Å². The van der Waals surface area contributed by atoms with Gasteiger partial charge >= 0.3 is 193 Å². The molecule has 0 atom stereocenters. The molecule has 4 aromatic carbocycles. The molecule has 156 valence electrons. The van der Waals surface area contributed by atoms with Crippen molar-refractivity contribution in [1.82, 2.24) is 0 Å². The molecule has 0 unspecified atom stereocenters. The summed E-state index contributed by atoms with van der Waals surface area (Å²) in [7, 11) is 1.69. The monoisotopic (exact) mass is 483 g/mol. The van der Waals surface area contributed by atoms with Crippen molar-refractivity contribution in [3.05, 3.63) is 115 Å². The number of para-hydroxylation sites is 1. The van der Waals surface area contributed by atoms with Gasteiger partial charge in [0.1, 0.15) is 0 Å². The van der Waals surface area contributed by atoms with E-state index in [0.29, 0.717) is 5.55 Å². The molecule has 0 saturated heterocycles. The van der Waals surface area contributed by atoms with E-state index in [0.717, 1.165) is 28.1 Å². The summed E-state index contributed by atoms with van der Waals surface area (Å²) in [5.41, 5.74) is 2.54. The third kappa shape index (κ3) is 4.24. The number of benzene rings is 4. The first-order valence-electron chi connectivity index (χ1n) is 10.3. The molecule has 5 aromatic rings. The van der Waals surface area contributed by atoms with Crippen molar-refractivity contribution in [1.29, 1.82) is 0 Å². The van der Waals surface area contributed by atoms with Gasteiger partial charge in [-0.05, 0) is 0 Å². The van der Waals surface area contributed by atoms with Gasteiger partial charge in [-0.1, -0.05) is 0 Å². The summed E-state index contributed by atoms with van der Waals surface area (Å²) in [5, 5.41) is 2.18. The Hall–Kier alpha value is -3.59. The molecule has 1 aromatic heterocycles. The van der Waals surface area contributed by atoms with E-state index in [1.54, 1.807) is 7.11 Å². The average molecular weight is 482 g/mol. The second-order valence-electron chi connectivity index (χ2n) is 7.20. The number of ether oxygens (including phenoxy) is 1. The van der Waals surface area contributed by atoms with Gasteiger partial charge in [0.25, 0.3) is 0 Å². The Morgan fingerprint density at radius 2 is 1.31 bits per heavy atom. The molecule has 0 aliphatic heterocycles. The third-order valence-electron chi connectivity index (χ3n) is 5.11. The van der Waals surface area contributed by atoms with Crippen molar-refractivity contribution >= 4 is 40.3 Å². The van der Waals surface area contributed by atoms with Crippen LogP contribution >= 0.6 is 0 Å². The number of hydrogen-bond donors (Lipinski definition) is 0. The van der Waals surface area contributed by atoms with Crippen LogP contribution in [0.15, 0.2) is 119 Å². The van der Waals surface area contributed by atoms with E-state index in [9.17, 15) is 0 Å². The molecule has 32 heavy (non-hydrogen) atoms. The van der Waals surface area contributed by atoms with Crippen LogP contribution in [0.3, 0.4) is 0 Å². The topological polar surface area (TPSA) is 34.7 Å². The van der Waals surface area contributed by atoms with Crippen LogP contribution in [0.1, 0.15) is 0 Å². The van der Waals surface area contributed by atoms with Crippen LogP contribution in [0, 0.1) is 0 Å². The molecule has 0 radical (unpaired) electrons. The fourth-order valence-corrected chi connectivity index (χ4v) is 5.73. The fraction of sp³-hybridized carbons (Fsp3) is 0.0357. The van der Waals surface area contributed by atoms with Crippen molar-refractivity contribution in [2.75, 3.05) is 7.11 Å². The van der Waals surface area contributed by atoms with E-state index in [4.69, 9.17) is 14.1 Å². The van der Waals surface area contributed by atoms with Gasteiger partial charge in [0.2, 0.25) is 0 Å². The second-order valence-corrected chi connectivity index (χ2v) is 9.48. The minimum absolute atomic E-state index is 0.0336. The van der Waals surface area contributed by atoms with Crippen LogP contribution in [-0.2, 0) is 0 Å². The zero-order valence-electron chi connectivity index (χ0n) is 17.6. The fourth-order valence-electron chi connectivity index (χ4n) is 3.53. The number of methoxy groups -OCH3 is 1. The molecular weight excluding hydrogens is 461 g/mol. The van der Waals surface area contributed by atoms with Crippen LogP contribution < -0.4 is 19.2 Å². The number of nitrogens with zero attached hydrogens (tertiary/aromatic N) is 1. The Bertz CT molecular complexity index is 1410. The van der Waals surface area contributed by atoms with E-state index in [1.807, 2.05) is 66.7 Å². The SMILES string of the molecule is COc1ccc([Se]c2c(-c3ccccc3)oc(=Nc3ccccc3)c3ccccc23)cc1. The quantitative estimate of drug-likeness (QED) is 0.331. The Morgan fingerprint density at radius 1 is 0.688 bits per heavy atom. The summed E-state index contributed by atoms with van der Waals surface area (Å²) in [6.07, 6.45) is 0. The molecule has 4 heteroatoms. The van der Waals surface area contributed by atoms with Crippen LogP contribution in [0.2, 0.25) is 0 Å². The molecule has 0 spiro atoms. The van der Waals surface area contributed by atoms with E-state index in [-0.39, 0.29) is 15.0 Å². The van der Waals surface area contributed by atoms with Crippen molar-refractivity contribution in [3.63, 3.8) is 0 Å². The van der Waals surface area contributed by atoms with Gasteiger partial charge < -0.3 is 0 Å². The van der Waals surface area contributed by atoms with Crippen molar-refractivity contribution < 1.29 is 9.15 Å². The maximum absolute atomic E-state index is 6.55. The average Bonchev–Trinajstić information content (AvgIpc) is 2.87. The molecule has 0 aliphatic rings. The van der Waals surface area contributed by atoms with Crippen LogP contribution in [-0.4, -0.2) is 22.1 Å². The van der Waals surface area contributed by atoms with Crippen LogP contribution in [0.25, 0.3) is 22.1 Å². The first-order valence-corrected chi connectivity index (χ1v) is 12.1. The minimum atomic E-state index is 0.0336. The summed E-state index contributed by atoms with van der Waals surface area (Å²) in [4.78, 5) is 4.85. The Kier molecular flexibility index (Phi) is 5.89. The molecule has 3 nitrogen and oxygen atoms in total. The summed E-state index contributed by atoms with van der Waals surface area (Å²) in [5.74, 6) is 1.73. The Balaban J connectivity index is 1.76. The zero-order valence-corrected chi connectivity index (χ0v) is 19.3. The van der Waals surface area contributed by atoms with Crippen LogP contribution in [0.5, 0.6) is 5.75 Å². The van der Waals surface area contributed by atoms with Crippen molar-refractivity contribution in [2.24, 2.45) is 4.99 Å². The number of fused-ring (bicyclic) bond motifs is 1. The van der Waals surface area contributed by atoms with E-state index >= 15 is 0 Å². The van der Waals surface area contributed by atoms with E-state index in [2.05, 4.69) is 42.5 Å². The van der Waals surface area contributed by atoms with Gasteiger partial charge in [-0.3, -0.25) is 0 Å². The third-order valence-corrected chi connectivity index (χ3v) is 7.45. The Labute approximate surface area is 193 Å². The number of hydrogen-bond acceptors (Lipinski definition) is 3. The maximum atomic E-state index is 6.55. The molecule has 5 rings (SSSR count). The molecule has 0 saturated carbocycles. The first-order chi connectivity index (χ1) is 15.8. The molecular formula is C28H21NO2Se. The Morgan fingerprint density at radius 3 is 2.00 bits per heavy atom. The predicted molar refractivity (Wildman–Crippen MR) is 131 cm³/mol. The molecule has 0 fully saturated rings. The van der Waals surface area contributed by atoms with E-state index in [1.165, 1.54) is 14.3 Å². The standard InChI is InChI=1S/C28H21NO2Se/c1-30-22-16-18-23(19-17-22)32-27-24-14-8-9-15-25(24)28(29-21-12-6-3-7-13-21)31-26(27)20-10-4-2-5-11-20/h2-19H,1H3. The molecule has 0 N–H and O–H groups in total. The summed E-state index contributed by atoms with van der Waals surface area (Å²) in [6, 6.07) is 36.9. The van der Waals surface area contributed by atoms with E-state index < -0.39 is 0 Å². The van der Waals surface area contributed by atoms with Gasteiger partial charge in [0, 0.05) is 0 Å². The van der Waals surface area contributed by atoms with Gasteiger partial charge in [0.05, 0.1) is 0 Å². The molecule has 0 bridgehead atoms. The summed E-state index contributed by atoms with van der Waals surface area (Å²) in [6.45, 7) is 0. The van der Waals surface area contributed by atoms with Gasteiger partial charge in [0.15, 0.2) is 0 Å². The predicted octanol–water partition coefficient (Wildman–Crippen LogP) is 5.00. The zero-order chi connectivity index (χ0) is 21.8. The van der Waals surface area contributed by atoms with Crippen molar-refractivity contribution in [2.45, 2.75) is 0 Å². The molecule has 1 heterocycles. The van der Waals surface area contributed by atoms with Gasteiger partial charge in [-0.25, -0.2) is 0 Å². The van der Waals surface area contributed by atoms with Crippen molar-refractivity contribution in [3.8, 4) is 17.1 Å². The van der Waals surface area contributed by atoms with Crippen LogP contribution in [0.4, 0.5) is 5.69 Å². The number of rotatable bonds is 5. The summed E-state index contributed by atoms with van der Waals surface area (Å²) < 4.78 is 14.3. The summed E-state index contributed by atoms with van der Waals surface area (Å²) >= 11 is 0.0336. The molecule has 0 amide bonds.